The van der Waals surface area contributed by atoms with Crippen molar-refractivity contribution >= 4 is 5.78 Å². The van der Waals surface area contributed by atoms with Crippen LogP contribution in [0.2, 0.25) is 0 Å². The monoisotopic (exact) mass is 280 g/mol. The predicted octanol–water partition coefficient (Wildman–Crippen LogP) is 4.30. The highest BCUT2D eigenvalue weighted by molar-refractivity contribution is 6.00. The van der Waals surface area contributed by atoms with Crippen molar-refractivity contribution in [1.29, 1.82) is 0 Å². The molecule has 1 saturated carbocycles. The summed E-state index contributed by atoms with van der Waals surface area (Å²) in [5.41, 5.74) is 4.36. The van der Waals surface area contributed by atoms with Crippen molar-refractivity contribution in [2.75, 3.05) is 7.11 Å². The average Bonchev–Trinajstić information content (AvgIpc) is 3.27. The summed E-state index contributed by atoms with van der Waals surface area (Å²) in [6.45, 7) is 4.07. The minimum absolute atomic E-state index is 0.139. The number of hydrogen-bond donors (Lipinski definition) is 0. The molecule has 0 aromatic heterocycles. The van der Waals surface area contributed by atoms with Gasteiger partial charge in [0, 0.05) is 11.5 Å². The van der Waals surface area contributed by atoms with Crippen molar-refractivity contribution in [2.45, 2.75) is 26.2 Å². The zero-order chi connectivity index (χ0) is 15.0. The van der Waals surface area contributed by atoms with Gasteiger partial charge in [-0.25, -0.2) is 0 Å². The van der Waals surface area contributed by atoms with E-state index in [1.54, 1.807) is 7.11 Å². The summed E-state index contributed by atoms with van der Waals surface area (Å²) < 4.78 is 5.25. The summed E-state index contributed by atoms with van der Waals surface area (Å²) in [6, 6.07) is 14.2. The molecular weight excluding hydrogens is 260 g/mol. The van der Waals surface area contributed by atoms with E-state index < -0.39 is 0 Å². The molecule has 2 aromatic rings. The number of rotatable bonds is 4. The van der Waals surface area contributed by atoms with Gasteiger partial charge in [-0.05, 0) is 55.5 Å². The van der Waals surface area contributed by atoms with Crippen LogP contribution in [-0.2, 0) is 0 Å². The fourth-order valence-corrected chi connectivity index (χ4v) is 3.00. The number of benzene rings is 2. The highest BCUT2D eigenvalue weighted by Gasteiger charge is 2.44. The van der Waals surface area contributed by atoms with Crippen LogP contribution in [0.5, 0.6) is 5.75 Å². The summed E-state index contributed by atoms with van der Waals surface area (Å²) in [6.07, 6.45) is 0.966. The highest BCUT2D eigenvalue weighted by atomic mass is 16.5. The standard InChI is InChI=1S/C19H20O2/c1-12-5-4-6-14(9-12)16-11-17(16)19(20)15-7-8-18(21-3)13(2)10-15/h4-10,16-17H,11H2,1-3H3. The average molecular weight is 280 g/mol. The number of methoxy groups -OCH3 is 1. The summed E-state index contributed by atoms with van der Waals surface area (Å²) in [4.78, 5) is 12.6. The van der Waals surface area contributed by atoms with Gasteiger partial charge in [0.05, 0.1) is 7.11 Å². The van der Waals surface area contributed by atoms with Crippen LogP contribution in [0.4, 0.5) is 0 Å². The van der Waals surface area contributed by atoms with Gasteiger partial charge in [-0.15, -0.1) is 0 Å². The van der Waals surface area contributed by atoms with E-state index in [1.807, 2.05) is 25.1 Å². The van der Waals surface area contributed by atoms with Gasteiger partial charge < -0.3 is 4.74 Å². The molecule has 0 spiro atoms. The van der Waals surface area contributed by atoms with Crippen LogP contribution in [0.15, 0.2) is 42.5 Å². The molecule has 1 aliphatic carbocycles. The molecule has 0 heterocycles. The van der Waals surface area contributed by atoms with Crippen LogP contribution in [-0.4, -0.2) is 12.9 Å². The lowest BCUT2D eigenvalue weighted by atomic mass is 10.0. The fourth-order valence-electron chi connectivity index (χ4n) is 3.00. The van der Waals surface area contributed by atoms with Crippen molar-refractivity contribution in [3.8, 4) is 5.75 Å². The molecule has 1 fully saturated rings. The first-order valence-electron chi connectivity index (χ1n) is 7.35. The SMILES string of the molecule is COc1ccc(C(=O)C2CC2c2cccc(C)c2)cc1C. The fraction of sp³-hybridized carbons (Fsp3) is 0.316. The maximum Gasteiger partial charge on any atom is 0.166 e. The molecule has 0 saturated heterocycles. The van der Waals surface area contributed by atoms with Gasteiger partial charge >= 0.3 is 0 Å². The van der Waals surface area contributed by atoms with E-state index in [4.69, 9.17) is 4.74 Å². The number of hydrogen-bond acceptors (Lipinski definition) is 2. The molecule has 2 aromatic carbocycles. The zero-order valence-electron chi connectivity index (χ0n) is 12.7. The van der Waals surface area contributed by atoms with Crippen LogP contribution in [0.25, 0.3) is 0 Å². The lowest BCUT2D eigenvalue weighted by Gasteiger charge is -2.07. The highest BCUT2D eigenvalue weighted by Crippen LogP contribution is 2.49. The number of ketones is 1. The smallest absolute Gasteiger partial charge is 0.166 e. The van der Waals surface area contributed by atoms with Gasteiger partial charge in [-0.2, -0.15) is 0 Å². The topological polar surface area (TPSA) is 26.3 Å². The summed E-state index contributed by atoms with van der Waals surface area (Å²) in [5.74, 6) is 1.62. The van der Waals surface area contributed by atoms with E-state index >= 15 is 0 Å². The molecular formula is C19H20O2. The molecule has 0 aliphatic heterocycles. The first-order valence-corrected chi connectivity index (χ1v) is 7.35. The molecule has 1 aliphatic rings. The third-order valence-electron chi connectivity index (χ3n) is 4.28. The van der Waals surface area contributed by atoms with Crippen molar-refractivity contribution in [3.63, 3.8) is 0 Å². The first kappa shape index (κ1) is 13.9. The second-order valence-electron chi connectivity index (χ2n) is 5.91. The third kappa shape index (κ3) is 2.71. The van der Waals surface area contributed by atoms with Crippen molar-refractivity contribution in [3.05, 3.63) is 64.7 Å². The first-order chi connectivity index (χ1) is 10.1. The number of carbonyl (C=O) groups is 1. The molecule has 108 valence electrons. The Hall–Kier alpha value is -2.09. The van der Waals surface area contributed by atoms with Gasteiger partial charge in [0.15, 0.2) is 5.78 Å². The Morgan fingerprint density at radius 1 is 1.14 bits per heavy atom. The van der Waals surface area contributed by atoms with E-state index in [-0.39, 0.29) is 11.7 Å². The van der Waals surface area contributed by atoms with Crippen LogP contribution in [0.1, 0.15) is 39.4 Å². The molecule has 2 unspecified atom stereocenters. The van der Waals surface area contributed by atoms with Gasteiger partial charge in [0.25, 0.3) is 0 Å². The lowest BCUT2D eigenvalue weighted by Crippen LogP contribution is -2.04. The van der Waals surface area contributed by atoms with Crippen LogP contribution in [0.3, 0.4) is 0 Å². The van der Waals surface area contributed by atoms with E-state index in [1.165, 1.54) is 11.1 Å². The lowest BCUT2D eigenvalue weighted by molar-refractivity contribution is 0.0965. The Labute approximate surface area is 125 Å². The third-order valence-corrected chi connectivity index (χ3v) is 4.28. The Kier molecular flexibility index (Phi) is 3.54. The summed E-state index contributed by atoms with van der Waals surface area (Å²) in [5, 5.41) is 0. The van der Waals surface area contributed by atoms with E-state index in [0.717, 1.165) is 23.3 Å². The second kappa shape index (κ2) is 5.36. The maximum absolute atomic E-state index is 12.6. The molecule has 0 radical (unpaired) electrons. The predicted molar refractivity (Wildman–Crippen MR) is 84.1 cm³/mol. The molecule has 2 atom stereocenters. The molecule has 2 heteroatoms. The molecule has 0 bridgehead atoms. The molecule has 0 N–H and O–H groups in total. The molecule has 2 nitrogen and oxygen atoms in total. The Morgan fingerprint density at radius 3 is 2.62 bits per heavy atom. The van der Waals surface area contributed by atoms with E-state index in [2.05, 4.69) is 31.2 Å². The zero-order valence-corrected chi connectivity index (χ0v) is 12.7. The molecule has 21 heavy (non-hydrogen) atoms. The Morgan fingerprint density at radius 2 is 1.95 bits per heavy atom. The number of aryl methyl sites for hydroxylation is 2. The maximum atomic E-state index is 12.6. The number of carbonyl (C=O) groups excluding carboxylic acids is 1. The van der Waals surface area contributed by atoms with E-state index in [0.29, 0.717) is 5.92 Å². The number of Topliss-reactive ketones (excluding diaryl/α,β-unsaturated/α-hetero) is 1. The minimum atomic E-state index is 0.139. The summed E-state index contributed by atoms with van der Waals surface area (Å²) >= 11 is 0. The van der Waals surface area contributed by atoms with Crippen LogP contribution >= 0.6 is 0 Å². The van der Waals surface area contributed by atoms with Gasteiger partial charge in [0.1, 0.15) is 5.75 Å². The quantitative estimate of drug-likeness (QED) is 0.781. The normalized spacial score (nSPS) is 20.1. The molecule has 3 rings (SSSR count). The van der Waals surface area contributed by atoms with Crippen LogP contribution < -0.4 is 4.74 Å². The number of ether oxygens (including phenoxy) is 1. The Bertz CT molecular complexity index is 688. The summed E-state index contributed by atoms with van der Waals surface area (Å²) in [7, 11) is 1.65. The van der Waals surface area contributed by atoms with Gasteiger partial charge in [-0.3, -0.25) is 4.79 Å². The van der Waals surface area contributed by atoms with Crippen LogP contribution in [0, 0.1) is 19.8 Å². The van der Waals surface area contributed by atoms with Crippen molar-refractivity contribution in [2.24, 2.45) is 5.92 Å². The largest absolute Gasteiger partial charge is 0.496 e. The minimum Gasteiger partial charge on any atom is -0.496 e. The van der Waals surface area contributed by atoms with Gasteiger partial charge in [0.2, 0.25) is 0 Å². The van der Waals surface area contributed by atoms with Crippen molar-refractivity contribution < 1.29 is 9.53 Å². The molecule has 0 amide bonds. The Balaban J connectivity index is 1.77. The van der Waals surface area contributed by atoms with Crippen molar-refractivity contribution in [1.82, 2.24) is 0 Å². The van der Waals surface area contributed by atoms with Gasteiger partial charge in [-0.1, -0.05) is 29.8 Å². The van der Waals surface area contributed by atoms with E-state index in [9.17, 15) is 4.79 Å². The second-order valence-corrected chi connectivity index (χ2v) is 5.91.